The van der Waals surface area contributed by atoms with Gasteiger partial charge < -0.3 is 20.1 Å². The third-order valence-corrected chi connectivity index (χ3v) is 7.68. The summed E-state index contributed by atoms with van der Waals surface area (Å²) in [6, 6.07) is 16.5. The average Bonchev–Trinajstić information content (AvgIpc) is 3.51. The molecule has 0 bridgehead atoms. The van der Waals surface area contributed by atoms with Gasteiger partial charge in [0.15, 0.2) is 0 Å². The highest BCUT2D eigenvalue weighted by Crippen LogP contribution is 2.44. The average molecular weight is 477 g/mol. The largest absolute Gasteiger partial charge is 0.481 e. The van der Waals surface area contributed by atoms with Crippen LogP contribution in [0.5, 0.6) is 0 Å². The fraction of sp³-hybridized carbons (Fsp3) is 0.464. The molecule has 2 atom stereocenters. The van der Waals surface area contributed by atoms with Gasteiger partial charge in [0, 0.05) is 38.4 Å². The number of aliphatic carboxylic acids is 1. The minimum absolute atomic E-state index is 0.0165. The number of hydrogen-bond donors (Lipinski definition) is 2. The summed E-state index contributed by atoms with van der Waals surface area (Å²) in [6.45, 7) is 1.82. The van der Waals surface area contributed by atoms with Crippen LogP contribution in [0.4, 0.5) is 4.79 Å². The number of nitrogens with zero attached hydrogens (tertiary/aromatic N) is 1. The van der Waals surface area contributed by atoms with E-state index < -0.39 is 12.1 Å². The molecule has 5 rings (SSSR count). The summed E-state index contributed by atoms with van der Waals surface area (Å²) in [6.07, 6.45) is 2.93. The molecule has 2 unspecified atom stereocenters. The van der Waals surface area contributed by atoms with E-state index in [0.717, 1.165) is 19.3 Å². The number of carbonyl (C=O) groups excluding carboxylic acids is 2. The first-order valence-corrected chi connectivity index (χ1v) is 12.6. The van der Waals surface area contributed by atoms with Gasteiger partial charge in [0.1, 0.15) is 6.61 Å². The van der Waals surface area contributed by atoms with E-state index in [-0.39, 0.29) is 36.7 Å². The molecule has 1 saturated heterocycles. The highest BCUT2D eigenvalue weighted by Gasteiger charge is 2.36. The van der Waals surface area contributed by atoms with Crippen molar-refractivity contribution < 1.29 is 24.2 Å². The summed E-state index contributed by atoms with van der Waals surface area (Å²) in [4.78, 5) is 38.2. The van der Waals surface area contributed by atoms with Crippen molar-refractivity contribution in [2.24, 2.45) is 17.8 Å². The summed E-state index contributed by atoms with van der Waals surface area (Å²) < 4.78 is 5.65. The van der Waals surface area contributed by atoms with E-state index in [1.54, 1.807) is 4.90 Å². The molecule has 7 nitrogen and oxygen atoms in total. The number of ether oxygens (including phenoxy) is 1. The predicted molar refractivity (Wildman–Crippen MR) is 131 cm³/mol. The molecule has 2 fully saturated rings. The Balaban J connectivity index is 1.12. The van der Waals surface area contributed by atoms with E-state index in [9.17, 15) is 14.4 Å². The lowest BCUT2D eigenvalue weighted by Crippen LogP contribution is -2.36. The smallest absolute Gasteiger partial charge is 0.407 e. The highest BCUT2D eigenvalue weighted by molar-refractivity contribution is 5.79. The molecule has 2 aromatic carbocycles. The van der Waals surface area contributed by atoms with E-state index >= 15 is 0 Å². The third-order valence-electron chi connectivity index (χ3n) is 7.68. The lowest BCUT2D eigenvalue weighted by Gasteiger charge is -2.22. The molecular weight excluding hydrogens is 444 g/mol. The van der Waals surface area contributed by atoms with Crippen molar-refractivity contribution in [2.45, 2.75) is 38.0 Å². The number of alkyl carbamates (subject to hydrolysis) is 1. The van der Waals surface area contributed by atoms with E-state index in [0.29, 0.717) is 32.0 Å². The Kier molecular flexibility index (Phi) is 6.75. The van der Waals surface area contributed by atoms with E-state index in [2.05, 4.69) is 29.6 Å². The number of benzene rings is 2. The summed E-state index contributed by atoms with van der Waals surface area (Å²) in [5.41, 5.74) is 4.73. The second kappa shape index (κ2) is 10.1. The first kappa shape index (κ1) is 23.4. The minimum atomic E-state index is -0.813. The molecule has 2 N–H and O–H groups in total. The van der Waals surface area contributed by atoms with Crippen LogP contribution < -0.4 is 5.32 Å². The van der Waals surface area contributed by atoms with Crippen LogP contribution in [0, 0.1) is 17.8 Å². The summed E-state index contributed by atoms with van der Waals surface area (Å²) >= 11 is 0. The van der Waals surface area contributed by atoms with E-state index in [1.807, 2.05) is 24.3 Å². The molecule has 3 aliphatic rings. The maximum Gasteiger partial charge on any atom is 0.407 e. The maximum atomic E-state index is 12.8. The monoisotopic (exact) mass is 476 g/mol. The Morgan fingerprint density at radius 1 is 1.00 bits per heavy atom. The van der Waals surface area contributed by atoms with Gasteiger partial charge in [0.2, 0.25) is 5.91 Å². The minimum Gasteiger partial charge on any atom is -0.481 e. The topological polar surface area (TPSA) is 95.9 Å². The Bertz CT molecular complexity index is 1070. The zero-order valence-corrected chi connectivity index (χ0v) is 19.8. The van der Waals surface area contributed by atoms with E-state index in [1.165, 1.54) is 22.3 Å². The second-order valence-corrected chi connectivity index (χ2v) is 10.1. The number of likely N-dealkylation sites (tertiary alicyclic amines) is 1. The molecule has 2 aromatic rings. The first-order valence-electron chi connectivity index (χ1n) is 12.6. The van der Waals surface area contributed by atoms with Gasteiger partial charge in [-0.1, -0.05) is 48.5 Å². The van der Waals surface area contributed by atoms with Crippen LogP contribution in [0.15, 0.2) is 48.5 Å². The van der Waals surface area contributed by atoms with Crippen LogP contribution in [0.2, 0.25) is 0 Å². The van der Waals surface area contributed by atoms with Crippen molar-refractivity contribution in [3.05, 3.63) is 59.7 Å². The number of nitrogens with one attached hydrogen (secondary N) is 1. The Morgan fingerprint density at radius 3 is 2.29 bits per heavy atom. The van der Waals surface area contributed by atoms with Gasteiger partial charge in [-0.2, -0.15) is 0 Å². The van der Waals surface area contributed by atoms with Crippen molar-refractivity contribution in [3.8, 4) is 11.1 Å². The number of amides is 2. The van der Waals surface area contributed by atoms with Crippen LogP contribution in [0.3, 0.4) is 0 Å². The molecule has 0 radical (unpaired) electrons. The number of rotatable bonds is 9. The predicted octanol–water partition coefficient (Wildman–Crippen LogP) is 4.26. The van der Waals surface area contributed by atoms with Crippen LogP contribution in [0.1, 0.15) is 49.1 Å². The van der Waals surface area contributed by atoms with Crippen molar-refractivity contribution in [3.63, 3.8) is 0 Å². The molecule has 1 aliphatic heterocycles. The number of carbonyl (C=O) groups is 3. The van der Waals surface area contributed by atoms with Crippen LogP contribution in [-0.4, -0.2) is 54.2 Å². The molecule has 7 heteroatoms. The molecule has 1 saturated carbocycles. The molecule has 2 aliphatic carbocycles. The zero-order valence-electron chi connectivity index (χ0n) is 19.8. The Hall–Kier alpha value is -3.35. The van der Waals surface area contributed by atoms with Gasteiger partial charge in [-0.15, -0.1) is 0 Å². The van der Waals surface area contributed by atoms with Gasteiger partial charge in [-0.05, 0) is 59.3 Å². The standard InChI is InChI=1S/C28H32N2O5/c31-26(30-12-11-18(16-30)13-27(32)33)14-20(19-9-10-19)15-29-28(34)35-17-25-23-7-3-1-5-21(23)22-6-2-4-8-24(22)25/h1-8,18-20,25H,9-17H2,(H,29,34)(H,32,33). The number of hydrogen-bond acceptors (Lipinski definition) is 4. The normalized spacial score (nSPS) is 19.7. The first-order chi connectivity index (χ1) is 17.0. The van der Waals surface area contributed by atoms with Crippen molar-refractivity contribution in [2.75, 3.05) is 26.2 Å². The van der Waals surface area contributed by atoms with Crippen molar-refractivity contribution >= 4 is 18.0 Å². The van der Waals surface area contributed by atoms with Gasteiger partial charge in [0.05, 0.1) is 0 Å². The lowest BCUT2D eigenvalue weighted by molar-refractivity contribution is -0.138. The second-order valence-electron chi connectivity index (χ2n) is 10.1. The van der Waals surface area contributed by atoms with Crippen LogP contribution >= 0.6 is 0 Å². The SMILES string of the molecule is O=C(O)CC1CCN(C(=O)CC(CNC(=O)OCC2c3ccccc3-c3ccccc32)C2CC2)C1. The van der Waals surface area contributed by atoms with Crippen molar-refractivity contribution in [1.29, 1.82) is 0 Å². The molecule has 184 valence electrons. The lowest BCUT2D eigenvalue weighted by atomic mass is 9.98. The molecule has 0 spiro atoms. The van der Waals surface area contributed by atoms with Gasteiger partial charge >= 0.3 is 12.1 Å². The molecule has 2 amide bonds. The third kappa shape index (κ3) is 5.34. The maximum absolute atomic E-state index is 12.8. The van der Waals surface area contributed by atoms with Crippen LogP contribution in [0.25, 0.3) is 11.1 Å². The van der Waals surface area contributed by atoms with Crippen LogP contribution in [-0.2, 0) is 14.3 Å². The Morgan fingerprint density at radius 2 is 1.66 bits per heavy atom. The summed E-state index contributed by atoms with van der Waals surface area (Å²) in [5, 5.41) is 11.9. The molecule has 0 aromatic heterocycles. The molecule has 1 heterocycles. The summed E-state index contributed by atoms with van der Waals surface area (Å²) in [5.74, 6) is -0.166. The van der Waals surface area contributed by atoms with E-state index in [4.69, 9.17) is 9.84 Å². The number of carboxylic acid groups (broad SMARTS) is 1. The fourth-order valence-corrected chi connectivity index (χ4v) is 5.66. The van der Waals surface area contributed by atoms with Gasteiger partial charge in [-0.25, -0.2) is 4.79 Å². The van der Waals surface area contributed by atoms with Crippen molar-refractivity contribution in [1.82, 2.24) is 10.2 Å². The number of carboxylic acids is 1. The number of fused-ring (bicyclic) bond motifs is 3. The molecular formula is C28H32N2O5. The molecule has 35 heavy (non-hydrogen) atoms. The quantitative estimate of drug-likeness (QED) is 0.564. The zero-order chi connectivity index (χ0) is 24.4. The van der Waals surface area contributed by atoms with Gasteiger partial charge in [-0.3, -0.25) is 9.59 Å². The van der Waals surface area contributed by atoms with Gasteiger partial charge in [0.25, 0.3) is 0 Å². The summed E-state index contributed by atoms with van der Waals surface area (Å²) in [7, 11) is 0. The highest BCUT2D eigenvalue weighted by atomic mass is 16.5. The Labute approximate surface area is 205 Å². The fourth-order valence-electron chi connectivity index (χ4n) is 5.66.